The van der Waals surface area contributed by atoms with Crippen LogP contribution in [0.25, 0.3) is 11.2 Å². The zero-order chi connectivity index (χ0) is 29.6. The number of terminal acetylenes is 1. The Balaban J connectivity index is 1.17. The first kappa shape index (κ1) is 28.4. The maximum absolute atomic E-state index is 13.8. The largest absolute Gasteiger partial charge is 0.465 e. The van der Waals surface area contributed by atoms with Gasteiger partial charge in [0.1, 0.15) is 11.8 Å². The third-order valence-corrected chi connectivity index (χ3v) is 9.57. The highest BCUT2D eigenvalue weighted by molar-refractivity contribution is 7.52. The minimum absolute atomic E-state index is 0.0740. The van der Waals surface area contributed by atoms with E-state index in [1.165, 1.54) is 6.92 Å². The van der Waals surface area contributed by atoms with Crippen LogP contribution < -0.4 is 20.2 Å². The average Bonchev–Trinajstić information content (AvgIpc) is 3.84. The molecule has 1 saturated heterocycles. The number of imidazole rings is 1. The third kappa shape index (κ3) is 5.20. The second-order valence-electron chi connectivity index (χ2n) is 10.9. The minimum Gasteiger partial charge on any atom is -0.465 e. The predicted molar refractivity (Wildman–Crippen MR) is 155 cm³/mol. The molecule has 13 nitrogen and oxygen atoms in total. The lowest BCUT2D eigenvalue weighted by Gasteiger charge is -2.25. The fourth-order valence-corrected chi connectivity index (χ4v) is 7.14. The number of nitrogens with two attached hydrogens (primary N) is 1. The number of nitrogen functional groups attached to an aromatic ring is 1. The molecule has 2 saturated carbocycles. The van der Waals surface area contributed by atoms with E-state index in [0.29, 0.717) is 35.2 Å². The molecule has 3 heterocycles. The topological polar surface area (TPSA) is 156 Å². The summed E-state index contributed by atoms with van der Waals surface area (Å²) in [6, 6.07) is 7.85. The van der Waals surface area contributed by atoms with E-state index in [9.17, 15) is 9.36 Å². The quantitative estimate of drug-likeness (QED) is 0.180. The highest BCUT2D eigenvalue weighted by Gasteiger charge is 2.72. The van der Waals surface area contributed by atoms with Gasteiger partial charge in [0.05, 0.1) is 43.2 Å². The molecule has 1 aromatic carbocycles. The molecule has 3 aromatic rings. The monoisotopic (exact) mass is 595 g/mol. The Hall–Kier alpha value is -3.69. The van der Waals surface area contributed by atoms with E-state index in [-0.39, 0.29) is 31.3 Å². The van der Waals surface area contributed by atoms with Crippen molar-refractivity contribution < 1.29 is 27.9 Å². The van der Waals surface area contributed by atoms with E-state index in [1.54, 1.807) is 43.6 Å². The number of hydrogen-bond acceptors (Lipinski definition) is 11. The third-order valence-electron chi connectivity index (χ3n) is 7.93. The number of carbonyl (C=O) groups excluding carboxylic acids is 1. The normalized spacial score (nSPS) is 26.6. The molecule has 0 radical (unpaired) electrons. The Morgan fingerprint density at radius 3 is 2.79 bits per heavy atom. The second kappa shape index (κ2) is 10.9. The van der Waals surface area contributed by atoms with Gasteiger partial charge in [-0.15, -0.1) is 6.42 Å². The fourth-order valence-electron chi connectivity index (χ4n) is 5.62. The summed E-state index contributed by atoms with van der Waals surface area (Å²) in [6.07, 6.45) is 9.65. The first-order valence-electron chi connectivity index (χ1n) is 14.0. The maximum atomic E-state index is 13.8. The molecule has 222 valence electrons. The van der Waals surface area contributed by atoms with Crippen LogP contribution in [-0.2, 0) is 23.4 Å². The van der Waals surface area contributed by atoms with Crippen LogP contribution >= 0.6 is 7.75 Å². The van der Waals surface area contributed by atoms with Gasteiger partial charge in [0.25, 0.3) is 0 Å². The van der Waals surface area contributed by atoms with Crippen LogP contribution in [0.2, 0.25) is 0 Å². The summed E-state index contributed by atoms with van der Waals surface area (Å²) < 4.78 is 38.6. The molecule has 0 spiro atoms. The number of nitrogens with zero attached hydrogens (tertiary/aromatic N) is 5. The maximum Gasteiger partial charge on any atom is 0.459 e. The highest BCUT2D eigenvalue weighted by atomic mass is 31.2. The number of carbonyl (C=O) groups is 1. The summed E-state index contributed by atoms with van der Waals surface area (Å²) in [5, 5.41) is 2.68. The van der Waals surface area contributed by atoms with Crippen LogP contribution in [0.5, 0.6) is 5.75 Å². The van der Waals surface area contributed by atoms with Crippen molar-refractivity contribution in [3.05, 3.63) is 36.7 Å². The van der Waals surface area contributed by atoms with E-state index in [0.717, 1.165) is 12.8 Å². The summed E-state index contributed by atoms with van der Waals surface area (Å²) in [7, 11) is -2.03. The van der Waals surface area contributed by atoms with Crippen molar-refractivity contribution in [2.24, 2.45) is 5.41 Å². The fraction of sp³-hybridized carbons (Fsp3) is 0.500. The minimum atomic E-state index is -4.02. The number of anilines is 2. The molecule has 2 aliphatic carbocycles. The number of para-hydroxylation sites is 1. The van der Waals surface area contributed by atoms with Crippen molar-refractivity contribution in [2.45, 2.75) is 63.4 Å². The predicted octanol–water partition coefficient (Wildman–Crippen LogP) is 3.08. The van der Waals surface area contributed by atoms with E-state index in [4.69, 9.17) is 30.7 Å². The number of aromatic nitrogens is 4. The van der Waals surface area contributed by atoms with Gasteiger partial charge in [-0.3, -0.25) is 9.32 Å². The molecule has 2 aromatic heterocycles. The molecule has 14 heteroatoms. The molecule has 3 N–H and O–H groups in total. The van der Waals surface area contributed by atoms with Gasteiger partial charge in [0.15, 0.2) is 17.0 Å². The Labute approximate surface area is 243 Å². The lowest BCUT2D eigenvalue weighted by molar-refractivity contribution is -0.144. The summed E-state index contributed by atoms with van der Waals surface area (Å²) in [4.78, 5) is 27.9. The molecule has 42 heavy (non-hydrogen) atoms. The van der Waals surface area contributed by atoms with E-state index >= 15 is 0 Å². The van der Waals surface area contributed by atoms with Crippen LogP contribution in [0.15, 0.2) is 36.7 Å². The van der Waals surface area contributed by atoms with E-state index in [2.05, 4.69) is 30.9 Å². The van der Waals surface area contributed by atoms with Crippen molar-refractivity contribution in [2.75, 3.05) is 30.9 Å². The molecule has 0 amide bonds. The van der Waals surface area contributed by atoms with Gasteiger partial charge in [-0.25, -0.2) is 9.55 Å². The van der Waals surface area contributed by atoms with E-state index in [1.807, 2.05) is 11.6 Å². The molecule has 6 atom stereocenters. The van der Waals surface area contributed by atoms with Crippen molar-refractivity contribution in [1.29, 1.82) is 0 Å². The molecule has 0 bridgehead atoms. The summed E-state index contributed by atoms with van der Waals surface area (Å²) >= 11 is 0. The lowest BCUT2D eigenvalue weighted by Crippen LogP contribution is -2.35. The first-order valence-corrected chi connectivity index (χ1v) is 15.5. The highest BCUT2D eigenvalue weighted by Crippen LogP contribution is 2.66. The molecular weight excluding hydrogens is 561 g/mol. The van der Waals surface area contributed by atoms with Gasteiger partial charge < -0.3 is 29.2 Å². The molecule has 1 aliphatic heterocycles. The number of nitrogens with one attached hydrogen (secondary N) is 1. The average molecular weight is 596 g/mol. The molecule has 3 fully saturated rings. The number of esters is 1. The van der Waals surface area contributed by atoms with Gasteiger partial charge >= 0.3 is 13.7 Å². The van der Waals surface area contributed by atoms with Crippen molar-refractivity contribution in [1.82, 2.24) is 24.6 Å². The van der Waals surface area contributed by atoms with Crippen LogP contribution in [-0.4, -0.2) is 70.0 Å². The molecule has 6 rings (SSSR count). The SMILES string of the molecule is C#C[C@@]12C[C@@H](CO[P@@](=O)(N[C@@H](C)C(=O)OCC)Oc3ccccc3)O[C@H]1C2n1cnc2c(N(C)C3CC3)nc(N)nc21. The smallest absolute Gasteiger partial charge is 0.459 e. The van der Waals surface area contributed by atoms with Gasteiger partial charge in [0, 0.05) is 13.1 Å². The number of ether oxygens (including phenoxy) is 2. The molecular formula is C28H34N7O6P. The standard InChI is InChI=1S/C28H34N7O6P/c1-5-28-14-20(15-39-42(37,33-17(3)26(36)38-6-2)41-19-10-8-7-9-11-19)40-23(28)22(28)35-16-30-21-24(34(4)18-12-13-18)31-27(29)32-25(21)35/h1,7-11,16-18,20,22-23H,6,12-15H2,2-4H3,(H,33,37)(H2,29,31,32)/t17-,20-,22?,23-,28-,42-/m0/s1. The number of benzene rings is 1. The van der Waals surface area contributed by atoms with Gasteiger partial charge in [-0.05, 0) is 45.2 Å². The van der Waals surface area contributed by atoms with Crippen LogP contribution in [0.1, 0.15) is 39.2 Å². The molecule has 3 aliphatic rings. The summed E-state index contributed by atoms with van der Waals surface area (Å²) in [5.74, 6) is 3.54. The Morgan fingerprint density at radius 2 is 2.12 bits per heavy atom. The van der Waals surface area contributed by atoms with Crippen LogP contribution in [0, 0.1) is 17.8 Å². The Kier molecular flexibility index (Phi) is 7.35. The van der Waals surface area contributed by atoms with Crippen molar-refractivity contribution in [3.63, 3.8) is 0 Å². The number of rotatable bonds is 12. The van der Waals surface area contributed by atoms with Gasteiger partial charge in [0.2, 0.25) is 5.95 Å². The van der Waals surface area contributed by atoms with E-state index < -0.39 is 31.3 Å². The number of hydrogen-bond donors (Lipinski definition) is 2. The Morgan fingerprint density at radius 1 is 1.36 bits per heavy atom. The first-order chi connectivity index (χ1) is 20.2. The second-order valence-corrected chi connectivity index (χ2v) is 12.6. The zero-order valence-electron chi connectivity index (χ0n) is 23.7. The number of fused-ring (bicyclic) bond motifs is 2. The van der Waals surface area contributed by atoms with Crippen LogP contribution in [0.4, 0.5) is 11.8 Å². The summed E-state index contributed by atoms with van der Waals surface area (Å²) in [5.41, 5.74) is 6.73. The van der Waals surface area contributed by atoms with Gasteiger partial charge in [-0.2, -0.15) is 15.1 Å². The zero-order valence-corrected chi connectivity index (χ0v) is 24.6. The van der Waals surface area contributed by atoms with Crippen LogP contribution in [0.3, 0.4) is 0 Å². The van der Waals surface area contributed by atoms with Crippen molar-refractivity contribution >= 4 is 36.6 Å². The summed E-state index contributed by atoms with van der Waals surface area (Å²) in [6.45, 7) is 3.33. The lowest BCUT2D eigenvalue weighted by atomic mass is 10.0. The van der Waals surface area contributed by atoms with Crippen molar-refractivity contribution in [3.8, 4) is 18.1 Å². The van der Waals surface area contributed by atoms with Gasteiger partial charge in [-0.1, -0.05) is 24.1 Å². The Bertz CT molecular complexity index is 1570. The molecule has 1 unspecified atom stereocenters.